The first kappa shape index (κ1) is 20.9. The van der Waals surface area contributed by atoms with Gasteiger partial charge in [0.2, 0.25) is 0 Å². The van der Waals surface area contributed by atoms with Gasteiger partial charge in [-0.25, -0.2) is 4.39 Å². The molecule has 0 aliphatic carbocycles. The van der Waals surface area contributed by atoms with Gasteiger partial charge in [0.25, 0.3) is 5.91 Å². The maximum absolute atomic E-state index is 12.9. The fourth-order valence-electron chi connectivity index (χ4n) is 2.45. The normalized spacial score (nSPS) is 11.4. The van der Waals surface area contributed by atoms with Gasteiger partial charge in [-0.15, -0.1) is 0 Å². The number of aryl methyl sites for hydroxylation is 1. The number of carbonyl (C=O) groups excluding carboxylic acids is 1. The monoisotopic (exact) mass is 393 g/mol. The van der Waals surface area contributed by atoms with E-state index in [0.717, 1.165) is 27.0 Å². The van der Waals surface area contributed by atoms with E-state index in [9.17, 15) is 17.6 Å². The van der Waals surface area contributed by atoms with Crippen molar-refractivity contribution >= 4 is 21.8 Å². The lowest BCUT2D eigenvalue weighted by Crippen LogP contribution is -2.37. The van der Waals surface area contributed by atoms with Gasteiger partial charge in [0.15, 0.2) is 0 Å². The maximum Gasteiger partial charge on any atom is 0.303 e. The largest absolute Gasteiger partial charge is 0.352 e. The number of nitrogens with one attached hydrogen (secondary N) is 1. The van der Waals surface area contributed by atoms with Gasteiger partial charge >= 0.3 is 10.2 Å². The van der Waals surface area contributed by atoms with Gasteiger partial charge in [-0.05, 0) is 54.8 Å². The average Bonchev–Trinajstić information content (AvgIpc) is 2.65. The summed E-state index contributed by atoms with van der Waals surface area (Å²) in [5.74, 6) is -0.488. The van der Waals surface area contributed by atoms with Crippen LogP contribution in [-0.4, -0.2) is 46.3 Å². The molecule has 0 bridgehead atoms. The lowest BCUT2D eigenvalue weighted by molar-refractivity contribution is 0.0953. The summed E-state index contributed by atoms with van der Waals surface area (Å²) in [5, 5.41) is 2.82. The van der Waals surface area contributed by atoms with Gasteiger partial charge in [0, 0.05) is 33.3 Å². The number of hydrogen-bond donors (Lipinski definition) is 1. The van der Waals surface area contributed by atoms with E-state index in [1.54, 1.807) is 36.4 Å². The zero-order valence-electron chi connectivity index (χ0n) is 15.6. The number of rotatable bonds is 8. The molecular weight excluding hydrogens is 369 g/mol. The van der Waals surface area contributed by atoms with Crippen molar-refractivity contribution in [3.8, 4) is 0 Å². The number of carbonyl (C=O) groups is 1. The summed E-state index contributed by atoms with van der Waals surface area (Å²) >= 11 is 0. The van der Waals surface area contributed by atoms with E-state index in [-0.39, 0.29) is 11.7 Å². The second-order valence-corrected chi connectivity index (χ2v) is 8.46. The molecule has 6 nitrogen and oxygen atoms in total. The predicted octanol–water partition coefficient (Wildman–Crippen LogP) is 2.43. The van der Waals surface area contributed by atoms with E-state index in [4.69, 9.17) is 0 Å². The summed E-state index contributed by atoms with van der Waals surface area (Å²) in [6.07, 6.45) is 1.48. The third-order valence-corrected chi connectivity index (χ3v) is 5.97. The van der Waals surface area contributed by atoms with Crippen molar-refractivity contribution < 1.29 is 17.6 Å². The first-order valence-corrected chi connectivity index (χ1v) is 9.90. The third-order valence-electron chi connectivity index (χ3n) is 4.14. The molecule has 0 fully saturated rings. The molecule has 0 saturated carbocycles. The Labute approximate surface area is 159 Å². The van der Waals surface area contributed by atoms with E-state index in [2.05, 4.69) is 5.32 Å². The van der Waals surface area contributed by atoms with E-state index in [1.165, 1.54) is 33.3 Å². The third kappa shape index (κ3) is 5.51. The van der Waals surface area contributed by atoms with E-state index < -0.39 is 10.2 Å². The first-order valence-electron chi connectivity index (χ1n) is 8.51. The van der Waals surface area contributed by atoms with Crippen molar-refractivity contribution in [2.24, 2.45) is 0 Å². The van der Waals surface area contributed by atoms with Crippen LogP contribution in [-0.2, 0) is 16.6 Å². The van der Waals surface area contributed by atoms with Crippen LogP contribution in [0.2, 0.25) is 0 Å². The highest BCUT2D eigenvalue weighted by Gasteiger charge is 2.20. The molecular formula is C19H24FN3O3S. The fraction of sp³-hybridized carbons (Fsp3) is 0.316. The molecule has 146 valence electrons. The molecule has 0 heterocycles. The predicted molar refractivity (Wildman–Crippen MR) is 105 cm³/mol. The second-order valence-electron chi connectivity index (χ2n) is 6.29. The molecule has 0 saturated heterocycles. The fourth-order valence-corrected chi connectivity index (χ4v) is 3.33. The lowest BCUT2D eigenvalue weighted by atomic mass is 10.1. The van der Waals surface area contributed by atoms with Crippen LogP contribution in [0.5, 0.6) is 0 Å². The summed E-state index contributed by atoms with van der Waals surface area (Å²) in [6.45, 7) is 0.493. The van der Waals surface area contributed by atoms with Crippen LogP contribution in [0.4, 0.5) is 10.1 Å². The van der Waals surface area contributed by atoms with E-state index in [0.29, 0.717) is 17.8 Å². The van der Waals surface area contributed by atoms with Crippen LogP contribution in [0, 0.1) is 5.82 Å². The number of benzene rings is 2. The number of nitrogens with zero attached hydrogens (tertiary/aromatic N) is 2. The van der Waals surface area contributed by atoms with Crippen molar-refractivity contribution in [3.05, 3.63) is 65.5 Å². The smallest absolute Gasteiger partial charge is 0.303 e. The minimum absolute atomic E-state index is 0.223. The van der Waals surface area contributed by atoms with Crippen LogP contribution in [0.3, 0.4) is 0 Å². The molecule has 0 aliphatic heterocycles. The van der Waals surface area contributed by atoms with Crippen LogP contribution in [0.25, 0.3) is 0 Å². The van der Waals surface area contributed by atoms with Crippen molar-refractivity contribution in [2.45, 2.75) is 12.8 Å². The molecule has 2 aromatic carbocycles. The molecule has 27 heavy (non-hydrogen) atoms. The molecule has 0 atom stereocenters. The van der Waals surface area contributed by atoms with Crippen LogP contribution < -0.4 is 9.62 Å². The van der Waals surface area contributed by atoms with Gasteiger partial charge in [-0.3, -0.25) is 9.10 Å². The number of amides is 1. The first-order chi connectivity index (χ1) is 12.7. The second kappa shape index (κ2) is 8.96. The molecule has 8 heteroatoms. The van der Waals surface area contributed by atoms with Gasteiger partial charge in [0.05, 0.1) is 5.69 Å². The molecule has 0 radical (unpaired) electrons. The Morgan fingerprint density at radius 3 is 2.15 bits per heavy atom. The van der Waals surface area contributed by atoms with Crippen molar-refractivity contribution in [2.75, 3.05) is 32.0 Å². The molecule has 0 aromatic heterocycles. The average molecular weight is 393 g/mol. The quantitative estimate of drug-likeness (QED) is 0.701. The minimum atomic E-state index is -3.57. The zero-order chi connectivity index (χ0) is 20.0. The number of anilines is 1. The molecule has 0 spiro atoms. The lowest BCUT2D eigenvalue weighted by Gasteiger charge is -2.23. The summed E-state index contributed by atoms with van der Waals surface area (Å²) in [6, 6.07) is 12.7. The van der Waals surface area contributed by atoms with Gasteiger partial charge < -0.3 is 5.32 Å². The summed E-state index contributed by atoms with van der Waals surface area (Å²) in [4.78, 5) is 12.2. The zero-order valence-corrected chi connectivity index (χ0v) is 16.5. The Balaban J connectivity index is 1.87. The summed E-state index contributed by atoms with van der Waals surface area (Å²) < 4.78 is 39.3. The number of halogens is 1. The molecule has 0 aliphatic rings. The SMILES string of the molecule is CN(C)S(=O)(=O)N(C)c1ccc(C(=O)NCCCc2ccc(F)cc2)cc1. The molecule has 1 N–H and O–H groups in total. The Hall–Kier alpha value is -2.45. The summed E-state index contributed by atoms with van der Waals surface area (Å²) in [5.41, 5.74) is 1.94. The van der Waals surface area contributed by atoms with Crippen molar-refractivity contribution in [3.63, 3.8) is 0 Å². The van der Waals surface area contributed by atoms with Crippen molar-refractivity contribution in [1.82, 2.24) is 9.62 Å². The van der Waals surface area contributed by atoms with Crippen LogP contribution in [0.15, 0.2) is 48.5 Å². The topological polar surface area (TPSA) is 69.7 Å². The highest BCUT2D eigenvalue weighted by Crippen LogP contribution is 2.18. The minimum Gasteiger partial charge on any atom is -0.352 e. The Bertz CT molecular complexity index is 866. The van der Waals surface area contributed by atoms with Gasteiger partial charge in [0.1, 0.15) is 5.82 Å². The standard InChI is InChI=1S/C19H24FN3O3S/c1-22(2)27(25,26)23(3)18-12-8-16(9-13-18)19(24)21-14-4-5-15-6-10-17(20)11-7-15/h6-13H,4-5,14H2,1-3H3,(H,21,24). The molecule has 2 aromatic rings. The number of hydrogen-bond acceptors (Lipinski definition) is 3. The maximum atomic E-state index is 12.9. The molecule has 0 unspecified atom stereocenters. The van der Waals surface area contributed by atoms with E-state index >= 15 is 0 Å². The van der Waals surface area contributed by atoms with Crippen molar-refractivity contribution in [1.29, 1.82) is 0 Å². The highest BCUT2D eigenvalue weighted by molar-refractivity contribution is 7.90. The van der Waals surface area contributed by atoms with Gasteiger partial charge in [-0.1, -0.05) is 12.1 Å². The van der Waals surface area contributed by atoms with Gasteiger partial charge in [-0.2, -0.15) is 12.7 Å². The molecule has 2 rings (SSSR count). The van der Waals surface area contributed by atoms with Crippen LogP contribution in [0.1, 0.15) is 22.3 Å². The summed E-state index contributed by atoms with van der Waals surface area (Å²) in [7, 11) is 0.807. The Morgan fingerprint density at radius 2 is 1.59 bits per heavy atom. The Kier molecular flexibility index (Phi) is 6.92. The highest BCUT2D eigenvalue weighted by atomic mass is 32.2. The van der Waals surface area contributed by atoms with E-state index in [1.807, 2.05) is 0 Å². The molecule has 1 amide bonds. The Morgan fingerprint density at radius 1 is 1.00 bits per heavy atom. The van der Waals surface area contributed by atoms with Crippen LogP contribution >= 0.6 is 0 Å².